The first kappa shape index (κ1) is 15.4. The zero-order valence-electron chi connectivity index (χ0n) is 11.9. The highest BCUT2D eigenvalue weighted by molar-refractivity contribution is 7.11. The van der Waals surface area contributed by atoms with Gasteiger partial charge in [0.05, 0.1) is 6.61 Å². The van der Waals surface area contributed by atoms with Gasteiger partial charge in [-0.25, -0.2) is 9.78 Å². The second kappa shape index (κ2) is 6.66. The Morgan fingerprint density at radius 2 is 2.33 bits per heavy atom. The topological polar surface area (TPSA) is 88.6 Å². The summed E-state index contributed by atoms with van der Waals surface area (Å²) in [7, 11) is 1.71. The lowest BCUT2D eigenvalue weighted by atomic mass is 10.1. The van der Waals surface area contributed by atoms with Crippen molar-refractivity contribution in [3.8, 4) is 0 Å². The van der Waals surface area contributed by atoms with Crippen molar-refractivity contribution in [2.24, 2.45) is 0 Å². The van der Waals surface area contributed by atoms with Gasteiger partial charge in [-0.3, -0.25) is 9.59 Å². The molecule has 7 nitrogen and oxygen atoms in total. The molecule has 2 rings (SSSR count). The van der Waals surface area contributed by atoms with Crippen LogP contribution in [0.3, 0.4) is 0 Å². The molecule has 8 heteroatoms. The fourth-order valence-electron chi connectivity index (χ4n) is 2.05. The number of ether oxygens (including phenoxy) is 1. The Balaban J connectivity index is 1.95. The number of carbonyl (C=O) groups excluding carboxylic acids is 3. The van der Waals surface area contributed by atoms with Gasteiger partial charge in [-0.2, -0.15) is 0 Å². The number of piperidine rings is 1. The van der Waals surface area contributed by atoms with Crippen LogP contribution in [0.5, 0.6) is 0 Å². The molecule has 1 fully saturated rings. The maximum absolute atomic E-state index is 12.1. The van der Waals surface area contributed by atoms with E-state index in [1.807, 2.05) is 0 Å². The molecule has 0 bridgehead atoms. The summed E-state index contributed by atoms with van der Waals surface area (Å²) in [6, 6.07) is -0.0899. The predicted octanol–water partition coefficient (Wildman–Crippen LogP) is 0.670. The van der Waals surface area contributed by atoms with Gasteiger partial charge in [0.25, 0.3) is 5.91 Å². The van der Waals surface area contributed by atoms with Crippen molar-refractivity contribution in [2.75, 3.05) is 20.2 Å². The highest BCUT2D eigenvalue weighted by Crippen LogP contribution is 2.13. The predicted molar refractivity (Wildman–Crippen MR) is 76.2 cm³/mol. The third kappa shape index (κ3) is 3.78. The first-order chi connectivity index (χ1) is 10.0. The Morgan fingerprint density at radius 1 is 1.57 bits per heavy atom. The minimum absolute atomic E-state index is 0.0822. The normalized spacial score (nSPS) is 18.5. The number of likely N-dealkylation sites (N-methyl/N-ethyl adjacent to an activating group) is 1. The summed E-state index contributed by atoms with van der Waals surface area (Å²) in [5, 5.41) is 4.52. The Bertz CT molecular complexity index is 557. The van der Waals surface area contributed by atoms with Crippen LogP contribution in [-0.4, -0.2) is 53.9 Å². The van der Waals surface area contributed by atoms with Crippen molar-refractivity contribution in [3.05, 3.63) is 16.1 Å². The van der Waals surface area contributed by atoms with Gasteiger partial charge in [0.1, 0.15) is 5.69 Å². The maximum Gasteiger partial charge on any atom is 0.367 e. The average molecular weight is 311 g/mol. The molecule has 1 aromatic heterocycles. The number of hydrogen-bond acceptors (Lipinski definition) is 6. The summed E-state index contributed by atoms with van der Waals surface area (Å²) in [5.74, 6) is -0.780. The Kier molecular flexibility index (Phi) is 4.89. The first-order valence-corrected chi connectivity index (χ1v) is 7.56. The van der Waals surface area contributed by atoms with Gasteiger partial charge in [0, 0.05) is 31.4 Å². The fraction of sp³-hybridized carbons (Fsp3) is 0.538. The van der Waals surface area contributed by atoms with Crippen LogP contribution in [0, 0.1) is 0 Å². The fourth-order valence-corrected chi connectivity index (χ4v) is 2.74. The van der Waals surface area contributed by atoms with Crippen LogP contribution in [0.15, 0.2) is 5.38 Å². The number of hydrogen-bond donors (Lipinski definition) is 1. The molecule has 0 aromatic carbocycles. The molecule has 1 aliphatic heterocycles. The molecule has 21 heavy (non-hydrogen) atoms. The van der Waals surface area contributed by atoms with Crippen LogP contribution < -0.4 is 5.32 Å². The van der Waals surface area contributed by atoms with Crippen LogP contribution in [-0.2, 0) is 9.53 Å². The van der Waals surface area contributed by atoms with E-state index < -0.39 is 5.97 Å². The van der Waals surface area contributed by atoms with Crippen LogP contribution in [0.1, 0.15) is 40.1 Å². The highest BCUT2D eigenvalue weighted by atomic mass is 32.1. The van der Waals surface area contributed by atoms with Crippen molar-refractivity contribution in [1.29, 1.82) is 0 Å². The summed E-state index contributed by atoms with van der Waals surface area (Å²) in [4.78, 5) is 40.5. The van der Waals surface area contributed by atoms with Gasteiger partial charge >= 0.3 is 5.97 Å². The van der Waals surface area contributed by atoms with E-state index in [4.69, 9.17) is 4.74 Å². The van der Waals surface area contributed by atoms with Crippen LogP contribution in [0.4, 0.5) is 0 Å². The van der Waals surface area contributed by atoms with Crippen LogP contribution in [0.25, 0.3) is 0 Å². The third-order valence-electron chi connectivity index (χ3n) is 3.15. The molecule has 1 N–H and O–H groups in total. The molecule has 1 saturated heterocycles. The maximum atomic E-state index is 12.1. The standard InChI is InChI=1S/C13H17N3O4S/c1-3-20-13(19)12-15-9(7-21-12)11(18)14-8-4-5-10(17)16(2)6-8/h7-8H,3-6H2,1-2H3,(H,14,18). The molecular weight excluding hydrogens is 294 g/mol. The van der Waals surface area contributed by atoms with E-state index >= 15 is 0 Å². The summed E-state index contributed by atoms with van der Waals surface area (Å²) < 4.78 is 4.83. The Hall–Kier alpha value is -1.96. The van der Waals surface area contributed by atoms with E-state index in [1.54, 1.807) is 18.9 Å². The van der Waals surface area contributed by atoms with E-state index in [0.717, 1.165) is 11.3 Å². The van der Waals surface area contributed by atoms with Gasteiger partial charge in [0.2, 0.25) is 10.9 Å². The lowest BCUT2D eigenvalue weighted by Gasteiger charge is -2.29. The van der Waals surface area contributed by atoms with E-state index in [0.29, 0.717) is 19.4 Å². The van der Waals surface area contributed by atoms with Crippen molar-refractivity contribution < 1.29 is 19.1 Å². The van der Waals surface area contributed by atoms with Gasteiger partial charge in [-0.1, -0.05) is 0 Å². The molecule has 1 aromatic rings. The van der Waals surface area contributed by atoms with Crippen molar-refractivity contribution in [2.45, 2.75) is 25.8 Å². The molecule has 0 saturated carbocycles. The molecule has 2 amide bonds. The number of carbonyl (C=O) groups is 3. The zero-order chi connectivity index (χ0) is 15.4. The quantitative estimate of drug-likeness (QED) is 0.826. The second-order valence-corrected chi connectivity index (χ2v) is 5.60. The molecule has 114 valence electrons. The van der Waals surface area contributed by atoms with E-state index in [2.05, 4.69) is 10.3 Å². The number of thiazole rings is 1. The summed E-state index contributed by atoms with van der Waals surface area (Å²) in [6.45, 7) is 2.46. The number of amides is 2. The number of nitrogens with one attached hydrogen (secondary N) is 1. The van der Waals surface area contributed by atoms with E-state index in [-0.39, 0.29) is 35.2 Å². The Morgan fingerprint density at radius 3 is 3.00 bits per heavy atom. The molecule has 1 unspecified atom stereocenters. The summed E-state index contributed by atoms with van der Waals surface area (Å²) in [5.41, 5.74) is 0.197. The van der Waals surface area contributed by atoms with Crippen molar-refractivity contribution >= 4 is 29.1 Å². The monoisotopic (exact) mass is 311 g/mol. The Labute approximate surface area is 126 Å². The molecule has 0 radical (unpaired) electrons. The van der Waals surface area contributed by atoms with Crippen LogP contribution in [0.2, 0.25) is 0 Å². The smallest absolute Gasteiger partial charge is 0.367 e. The van der Waals surface area contributed by atoms with E-state index in [1.165, 1.54) is 5.38 Å². The molecular formula is C13H17N3O4S. The summed E-state index contributed by atoms with van der Waals surface area (Å²) >= 11 is 1.08. The van der Waals surface area contributed by atoms with Crippen molar-refractivity contribution in [1.82, 2.24) is 15.2 Å². The molecule has 0 spiro atoms. The van der Waals surface area contributed by atoms with Gasteiger partial charge in [0.15, 0.2) is 0 Å². The average Bonchev–Trinajstić information content (AvgIpc) is 2.93. The first-order valence-electron chi connectivity index (χ1n) is 6.68. The summed E-state index contributed by atoms with van der Waals surface area (Å²) in [6.07, 6.45) is 1.04. The van der Waals surface area contributed by atoms with E-state index in [9.17, 15) is 14.4 Å². The SMILES string of the molecule is CCOC(=O)c1nc(C(=O)NC2CCC(=O)N(C)C2)cs1. The lowest BCUT2D eigenvalue weighted by Crippen LogP contribution is -2.48. The molecule has 1 aliphatic rings. The van der Waals surface area contributed by atoms with Gasteiger partial charge < -0.3 is 15.0 Å². The number of nitrogens with zero attached hydrogens (tertiary/aromatic N) is 2. The minimum Gasteiger partial charge on any atom is -0.461 e. The largest absolute Gasteiger partial charge is 0.461 e. The number of esters is 1. The number of rotatable bonds is 4. The molecule has 2 heterocycles. The molecule has 1 atom stereocenters. The lowest BCUT2D eigenvalue weighted by molar-refractivity contribution is -0.132. The van der Waals surface area contributed by atoms with Crippen LogP contribution >= 0.6 is 11.3 Å². The number of aromatic nitrogens is 1. The second-order valence-electron chi connectivity index (χ2n) is 4.74. The van der Waals surface area contributed by atoms with Crippen molar-refractivity contribution in [3.63, 3.8) is 0 Å². The minimum atomic E-state index is -0.524. The molecule has 0 aliphatic carbocycles. The zero-order valence-corrected chi connectivity index (χ0v) is 12.7. The highest BCUT2D eigenvalue weighted by Gasteiger charge is 2.25. The number of likely N-dealkylation sites (tertiary alicyclic amines) is 1. The third-order valence-corrected chi connectivity index (χ3v) is 3.97. The van der Waals surface area contributed by atoms with Gasteiger partial charge in [-0.05, 0) is 13.3 Å². The van der Waals surface area contributed by atoms with Gasteiger partial charge in [-0.15, -0.1) is 11.3 Å².